The molecule has 0 spiro atoms. The van der Waals surface area contributed by atoms with E-state index in [0.717, 1.165) is 26.0 Å². The van der Waals surface area contributed by atoms with E-state index in [9.17, 15) is 0 Å². The highest BCUT2D eigenvalue weighted by atomic mass is 79.9. The molecule has 0 aromatic heterocycles. The first-order valence-electron chi connectivity index (χ1n) is 5.40. The van der Waals surface area contributed by atoms with Crippen molar-refractivity contribution >= 4 is 31.9 Å². The summed E-state index contributed by atoms with van der Waals surface area (Å²) in [6.07, 6.45) is 0. The van der Waals surface area contributed by atoms with E-state index in [2.05, 4.69) is 31.9 Å². The molecule has 0 saturated heterocycles. The standard InChI is InChI=1S/C14H12Br2O2/c1-17-13-7-3-6-12(16)14(13)18-9-10-4-2-5-11(15)8-10/h2-8H,9H2,1H3. The average molecular weight is 372 g/mol. The van der Waals surface area contributed by atoms with Crippen LogP contribution in [-0.4, -0.2) is 7.11 Å². The highest BCUT2D eigenvalue weighted by Gasteiger charge is 2.08. The first kappa shape index (κ1) is 13.4. The highest BCUT2D eigenvalue weighted by Crippen LogP contribution is 2.35. The van der Waals surface area contributed by atoms with Crippen LogP contribution in [-0.2, 0) is 6.61 Å². The molecule has 2 nitrogen and oxygen atoms in total. The lowest BCUT2D eigenvalue weighted by molar-refractivity contribution is 0.282. The van der Waals surface area contributed by atoms with Crippen molar-refractivity contribution in [1.82, 2.24) is 0 Å². The van der Waals surface area contributed by atoms with Gasteiger partial charge < -0.3 is 9.47 Å². The minimum absolute atomic E-state index is 0.498. The highest BCUT2D eigenvalue weighted by molar-refractivity contribution is 9.10. The number of methoxy groups -OCH3 is 1. The molecule has 0 fully saturated rings. The number of ether oxygens (including phenoxy) is 2. The maximum absolute atomic E-state index is 5.81. The van der Waals surface area contributed by atoms with Crippen molar-refractivity contribution in [3.63, 3.8) is 0 Å². The van der Waals surface area contributed by atoms with Gasteiger partial charge in [-0.1, -0.05) is 34.1 Å². The summed E-state index contributed by atoms with van der Waals surface area (Å²) >= 11 is 6.90. The van der Waals surface area contributed by atoms with E-state index in [1.165, 1.54) is 0 Å². The molecule has 2 aromatic rings. The van der Waals surface area contributed by atoms with Crippen LogP contribution in [0.4, 0.5) is 0 Å². The first-order valence-corrected chi connectivity index (χ1v) is 6.99. The van der Waals surface area contributed by atoms with E-state index in [1.807, 2.05) is 42.5 Å². The van der Waals surface area contributed by atoms with Crippen molar-refractivity contribution in [3.05, 3.63) is 57.0 Å². The van der Waals surface area contributed by atoms with E-state index in [4.69, 9.17) is 9.47 Å². The summed E-state index contributed by atoms with van der Waals surface area (Å²) in [6, 6.07) is 13.7. The summed E-state index contributed by atoms with van der Waals surface area (Å²) in [5.41, 5.74) is 1.10. The summed E-state index contributed by atoms with van der Waals surface area (Å²) in [4.78, 5) is 0. The zero-order chi connectivity index (χ0) is 13.0. The van der Waals surface area contributed by atoms with Gasteiger partial charge in [0.1, 0.15) is 6.61 Å². The molecule has 0 bridgehead atoms. The van der Waals surface area contributed by atoms with Crippen LogP contribution in [0.3, 0.4) is 0 Å². The summed E-state index contributed by atoms with van der Waals surface area (Å²) in [6.45, 7) is 0.498. The Kier molecular flexibility index (Phi) is 4.66. The quantitative estimate of drug-likeness (QED) is 0.768. The van der Waals surface area contributed by atoms with E-state index in [0.29, 0.717) is 6.61 Å². The van der Waals surface area contributed by atoms with Gasteiger partial charge in [0.05, 0.1) is 11.6 Å². The smallest absolute Gasteiger partial charge is 0.175 e. The number of benzene rings is 2. The van der Waals surface area contributed by atoms with Crippen molar-refractivity contribution in [2.75, 3.05) is 7.11 Å². The Morgan fingerprint density at radius 2 is 1.83 bits per heavy atom. The Hall–Kier alpha value is -1.00. The molecule has 0 heterocycles. The molecule has 0 N–H and O–H groups in total. The molecular formula is C14H12Br2O2. The average Bonchev–Trinajstić information content (AvgIpc) is 2.37. The molecule has 2 rings (SSSR count). The van der Waals surface area contributed by atoms with Crippen LogP contribution < -0.4 is 9.47 Å². The van der Waals surface area contributed by atoms with Gasteiger partial charge in [-0.25, -0.2) is 0 Å². The lowest BCUT2D eigenvalue weighted by atomic mass is 10.2. The third-order valence-electron chi connectivity index (χ3n) is 2.42. The largest absolute Gasteiger partial charge is 0.493 e. The minimum Gasteiger partial charge on any atom is -0.493 e. The van der Waals surface area contributed by atoms with E-state index in [-0.39, 0.29) is 0 Å². The fourth-order valence-corrected chi connectivity index (χ4v) is 2.48. The van der Waals surface area contributed by atoms with Gasteiger partial charge in [-0.2, -0.15) is 0 Å². The van der Waals surface area contributed by atoms with Crippen LogP contribution >= 0.6 is 31.9 Å². The Bertz CT molecular complexity index is 541. The third kappa shape index (κ3) is 3.27. The van der Waals surface area contributed by atoms with Gasteiger partial charge in [-0.05, 0) is 45.8 Å². The van der Waals surface area contributed by atoms with Gasteiger partial charge in [-0.15, -0.1) is 0 Å². The number of para-hydroxylation sites is 1. The lowest BCUT2D eigenvalue weighted by Crippen LogP contribution is -1.98. The molecule has 0 radical (unpaired) electrons. The summed E-state index contributed by atoms with van der Waals surface area (Å²) in [7, 11) is 1.63. The molecule has 0 unspecified atom stereocenters. The molecular weight excluding hydrogens is 360 g/mol. The van der Waals surface area contributed by atoms with Crippen LogP contribution in [0.25, 0.3) is 0 Å². The Morgan fingerprint density at radius 3 is 2.56 bits per heavy atom. The first-order chi connectivity index (χ1) is 8.70. The summed E-state index contributed by atoms with van der Waals surface area (Å²) in [5, 5.41) is 0. The minimum atomic E-state index is 0.498. The van der Waals surface area contributed by atoms with E-state index in [1.54, 1.807) is 7.11 Å². The number of hydrogen-bond acceptors (Lipinski definition) is 2. The predicted octanol–water partition coefficient (Wildman–Crippen LogP) is 4.80. The summed E-state index contributed by atoms with van der Waals surface area (Å²) < 4.78 is 13.0. The normalized spacial score (nSPS) is 10.2. The van der Waals surface area contributed by atoms with Crippen molar-refractivity contribution in [2.45, 2.75) is 6.61 Å². The summed E-state index contributed by atoms with van der Waals surface area (Å²) in [5.74, 6) is 1.44. The molecule has 0 aliphatic heterocycles. The van der Waals surface area contributed by atoms with Crippen molar-refractivity contribution in [1.29, 1.82) is 0 Å². The Morgan fingerprint density at radius 1 is 1.06 bits per heavy atom. The monoisotopic (exact) mass is 370 g/mol. The number of halogens is 2. The Balaban J connectivity index is 2.15. The van der Waals surface area contributed by atoms with Crippen molar-refractivity contribution in [3.8, 4) is 11.5 Å². The van der Waals surface area contributed by atoms with Crippen LogP contribution in [0.15, 0.2) is 51.4 Å². The zero-order valence-electron chi connectivity index (χ0n) is 9.82. The van der Waals surface area contributed by atoms with Crippen molar-refractivity contribution < 1.29 is 9.47 Å². The molecule has 18 heavy (non-hydrogen) atoms. The maximum atomic E-state index is 5.81. The fourth-order valence-electron chi connectivity index (χ4n) is 1.57. The van der Waals surface area contributed by atoms with Gasteiger partial charge in [0.15, 0.2) is 11.5 Å². The van der Waals surface area contributed by atoms with Gasteiger partial charge >= 0.3 is 0 Å². The molecule has 94 valence electrons. The van der Waals surface area contributed by atoms with Gasteiger partial charge in [0, 0.05) is 4.47 Å². The Labute approximate surface area is 123 Å². The zero-order valence-corrected chi connectivity index (χ0v) is 13.0. The maximum Gasteiger partial charge on any atom is 0.175 e. The fraction of sp³-hybridized carbons (Fsp3) is 0.143. The second-order valence-electron chi connectivity index (χ2n) is 3.69. The SMILES string of the molecule is COc1cccc(Br)c1OCc1cccc(Br)c1. The van der Waals surface area contributed by atoms with Crippen molar-refractivity contribution in [2.24, 2.45) is 0 Å². The second kappa shape index (κ2) is 6.25. The lowest BCUT2D eigenvalue weighted by Gasteiger charge is -2.12. The second-order valence-corrected chi connectivity index (χ2v) is 5.46. The van der Waals surface area contributed by atoms with E-state index < -0.39 is 0 Å². The molecule has 0 saturated carbocycles. The van der Waals surface area contributed by atoms with Crippen LogP contribution in [0.5, 0.6) is 11.5 Å². The molecule has 4 heteroatoms. The van der Waals surface area contributed by atoms with E-state index >= 15 is 0 Å². The molecule has 2 aromatic carbocycles. The molecule has 0 aliphatic carbocycles. The molecule has 0 amide bonds. The van der Waals surface area contributed by atoms with Gasteiger partial charge in [0.25, 0.3) is 0 Å². The van der Waals surface area contributed by atoms with Gasteiger partial charge in [0.2, 0.25) is 0 Å². The number of rotatable bonds is 4. The molecule has 0 aliphatic rings. The third-order valence-corrected chi connectivity index (χ3v) is 3.54. The topological polar surface area (TPSA) is 18.5 Å². The van der Waals surface area contributed by atoms with Crippen LogP contribution in [0.2, 0.25) is 0 Å². The number of hydrogen-bond donors (Lipinski definition) is 0. The van der Waals surface area contributed by atoms with Crippen LogP contribution in [0.1, 0.15) is 5.56 Å². The molecule has 0 atom stereocenters. The predicted molar refractivity (Wildman–Crippen MR) is 79.2 cm³/mol. The van der Waals surface area contributed by atoms with Gasteiger partial charge in [-0.3, -0.25) is 0 Å². The van der Waals surface area contributed by atoms with Crippen LogP contribution in [0, 0.1) is 0 Å².